The van der Waals surface area contributed by atoms with Crippen LogP contribution in [-0.4, -0.2) is 25.1 Å². The average molecular weight is 352 g/mol. The molecule has 0 aliphatic rings. The van der Waals surface area contributed by atoms with Crippen molar-refractivity contribution in [2.45, 2.75) is 6.92 Å². The minimum absolute atomic E-state index is 0.601. The van der Waals surface area contributed by atoms with E-state index >= 15 is 0 Å². The number of aromatic nitrogens is 5. The van der Waals surface area contributed by atoms with Gasteiger partial charge in [-0.1, -0.05) is 18.2 Å². The Hall–Kier alpha value is -3.80. The van der Waals surface area contributed by atoms with Gasteiger partial charge in [0.1, 0.15) is 11.5 Å². The average Bonchev–Trinajstić information content (AvgIpc) is 3.16. The van der Waals surface area contributed by atoms with E-state index < -0.39 is 0 Å². The number of benzene rings is 2. The van der Waals surface area contributed by atoms with E-state index in [4.69, 9.17) is 9.97 Å². The van der Waals surface area contributed by atoms with Crippen molar-refractivity contribution >= 4 is 33.3 Å². The van der Waals surface area contributed by atoms with Crippen LogP contribution in [0.3, 0.4) is 0 Å². The molecule has 0 unspecified atom stereocenters. The fraction of sp³-hybridized carbons (Fsp3) is 0.0476. The number of para-hydroxylation sites is 1. The number of hydrogen-bond donors (Lipinski definition) is 2. The van der Waals surface area contributed by atoms with Crippen molar-refractivity contribution in [3.63, 3.8) is 0 Å². The van der Waals surface area contributed by atoms with Crippen LogP contribution in [0.25, 0.3) is 33.3 Å². The molecule has 3 aromatic heterocycles. The summed E-state index contributed by atoms with van der Waals surface area (Å²) in [4.78, 5) is 14.0. The zero-order valence-corrected chi connectivity index (χ0v) is 14.6. The number of aromatic amines is 1. The first kappa shape index (κ1) is 15.5. The Kier molecular flexibility index (Phi) is 3.53. The van der Waals surface area contributed by atoms with E-state index in [-0.39, 0.29) is 0 Å². The summed E-state index contributed by atoms with van der Waals surface area (Å²) in [5.41, 5.74) is 4.50. The minimum Gasteiger partial charge on any atom is -0.340 e. The summed E-state index contributed by atoms with van der Waals surface area (Å²) in [5.74, 6) is 1.35. The van der Waals surface area contributed by atoms with Gasteiger partial charge in [-0.25, -0.2) is 15.0 Å². The molecular formula is C21H16N6. The summed E-state index contributed by atoms with van der Waals surface area (Å²) in [7, 11) is 0. The van der Waals surface area contributed by atoms with Crippen LogP contribution >= 0.6 is 0 Å². The minimum atomic E-state index is 0.601. The number of nitrogens with one attached hydrogen (secondary N) is 2. The van der Waals surface area contributed by atoms with Crippen LogP contribution in [0.4, 0.5) is 11.5 Å². The first-order chi connectivity index (χ1) is 13.3. The monoisotopic (exact) mass is 352 g/mol. The van der Waals surface area contributed by atoms with Crippen molar-refractivity contribution in [3.05, 3.63) is 72.6 Å². The van der Waals surface area contributed by atoms with Crippen LogP contribution in [-0.2, 0) is 0 Å². The normalized spacial score (nSPS) is 11.1. The van der Waals surface area contributed by atoms with Gasteiger partial charge in [-0.3, -0.25) is 5.10 Å². The number of aryl methyl sites for hydroxylation is 1. The molecule has 6 heteroatoms. The predicted octanol–water partition coefficient (Wildman–Crippen LogP) is 4.62. The molecule has 0 aliphatic heterocycles. The Morgan fingerprint density at radius 3 is 2.74 bits per heavy atom. The summed E-state index contributed by atoms with van der Waals surface area (Å²) >= 11 is 0. The van der Waals surface area contributed by atoms with E-state index in [9.17, 15) is 0 Å². The molecule has 2 N–H and O–H groups in total. The molecule has 0 saturated carbocycles. The standard InChI is InChI=1S/C21H16N6/c1-13-5-4-8-19(23-13)21-25-18-7-3-2-6-16(18)20(26-21)24-15-9-10-17-14(11-15)12-22-27-17/h2-12H,1H3,(H,22,27)(H,24,25,26). The van der Waals surface area contributed by atoms with Crippen LogP contribution in [0.1, 0.15) is 5.69 Å². The van der Waals surface area contributed by atoms with Crippen LogP contribution < -0.4 is 5.32 Å². The predicted molar refractivity (Wildman–Crippen MR) is 107 cm³/mol. The Morgan fingerprint density at radius 1 is 0.889 bits per heavy atom. The Bertz CT molecular complexity index is 1270. The maximum absolute atomic E-state index is 4.77. The van der Waals surface area contributed by atoms with Gasteiger partial charge in [0.15, 0.2) is 5.82 Å². The van der Waals surface area contributed by atoms with Crippen LogP contribution in [0, 0.1) is 6.92 Å². The van der Waals surface area contributed by atoms with Crippen molar-refractivity contribution in [1.29, 1.82) is 0 Å². The molecule has 0 radical (unpaired) electrons. The van der Waals surface area contributed by atoms with E-state index in [0.717, 1.165) is 44.7 Å². The van der Waals surface area contributed by atoms with Gasteiger partial charge >= 0.3 is 0 Å². The van der Waals surface area contributed by atoms with Crippen molar-refractivity contribution in [3.8, 4) is 11.5 Å². The molecule has 0 spiro atoms. The van der Waals surface area contributed by atoms with Gasteiger partial charge in [0.2, 0.25) is 0 Å². The van der Waals surface area contributed by atoms with E-state index in [1.807, 2.05) is 67.6 Å². The molecule has 27 heavy (non-hydrogen) atoms. The van der Waals surface area contributed by atoms with Crippen LogP contribution in [0.2, 0.25) is 0 Å². The molecule has 0 saturated heterocycles. The third-order valence-corrected chi connectivity index (χ3v) is 4.42. The second kappa shape index (κ2) is 6.17. The number of H-pyrrole nitrogens is 1. The van der Waals surface area contributed by atoms with Gasteiger partial charge in [-0.05, 0) is 49.4 Å². The number of fused-ring (bicyclic) bond motifs is 2. The Labute approximate surface area is 155 Å². The molecule has 5 rings (SSSR count). The third-order valence-electron chi connectivity index (χ3n) is 4.42. The van der Waals surface area contributed by atoms with E-state index in [1.54, 1.807) is 6.20 Å². The van der Waals surface area contributed by atoms with Crippen molar-refractivity contribution in [2.24, 2.45) is 0 Å². The van der Waals surface area contributed by atoms with Crippen molar-refractivity contribution < 1.29 is 0 Å². The third kappa shape index (κ3) is 2.87. The molecule has 5 aromatic rings. The maximum Gasteiger partial charge on any atom is 0.180 e. The Morgan fingerprint density at radius 2 is 1.81 bits per heavy atom. The molecule has 3 heterocycles. The van der Waals surface area contributed by atoms with Crippen LogP contribution in [0.5, 0.6) is 0 Å². The van der Waals surface area contributed by atoms with Gasteiger partial charge in [-0.2, -0.15) is 5.10 Å². The maximum atomic E-state index is 4.77. The lowest BCUT2D eigenvalue weighted by molar-refractivity contribution is 1.12. The van der Waals surface area contributed by atoms with Gasteiger partial charge < -0.3 is 5.32 Å². The molecule has 0 bridgehead atoms. The largest absolute Gasteiger partial charge is 0.340 e. The highest BCUT2D eigenvalue weighted by molar-refractivity contribution is 5.93. The summed E-state index contributed by atoms with van der Waals surface area (Å²) < 4.78 is 0. The van der Waals surface area contributed by atoms with Crippen molar-refractivity contribution in [1.82, 2.24) is 25.1 Å². The lowest BCUT2D eigenvalue weighted by Gasteiger charge is -2.11. The molecule has 2 aromatic carbocycles. The highest BCUT2D eigenvalue weighted by atomic mass is 15.1. The summed E-state index contributed by atoms with van der Waals surface area (Å²) in [5, 5.41) is 12.5. The number of hydrogen-bond acceptors (Lipinski definition) is 5. The number of anilines is 2. The lowest BCUT2D eigenvalue weighted by atomic mass is 10.2. The Balaban J connectivity index is 1.65. The van der Waals surface area contributed by atoms with Crippen molar-refractivity contribution in [2.75, 3.05) is 5.32 Å². The topological polar surface area (TPSA) is 79.4 Å². The van der Waals surface area contributed by atoms with Gasteiger partial charge in [0, 0.05) is 22.2 Å². The zero-order chi connectivity index (χ0) is 18.2. The van der Waals surface area contributed by atoms with Gasteiger partial charge in [0.25, 0.3) is 0 Å². The molecule has 0 amide bonds. The van der Waals surface area contributed by atoms with E-state index in [0.29, 0.717) is 5.82 Å². The SMILES string of the molecule is Cc1cccc(-c2nc(Nc3ccc4[nH]ncc4c3)c3ccccc3n2)n1. The molecule has 0 aliphatic carbocycles. The number of nitrogens with zero attached hydrogens (tertiary/aromatic N) is 4. The number of pyridine rings is 1. The lowest BCUT2D eigenvalue weighted by Crippen LogP contribution is -2.00. The molecule has 0 fully saturated rings. The second-order valence-corrected chi connectivity index (χ2v) is 6.37. The van der Waals surface area contributed by atoms with E-state index in [1.165, 1.54) is 0 Å². The molecule has 6 nitrogen and oxygen atoms in total. The summed E-state index contributed by atoms with van der Waals surface area (Å²) in [6, 6.07) is 19.9. The highest BCUT2D eigenvalue weighted by Crippen LogP contribution is 2.27. The van der Waals surface area contributed by atoms with Crippen LogP contribution in [0.15, 0.2) is 66.9 Å². The molecule has 130 valence electrons. The van der Waals surface area contributed by atoms with E-state index in [2.05, 4.69) is 20.5 Å². The summed E-state index contributed by atoms with van der Waals surface area (Å²) in [6.45, 7) is 1.96. The molecular weight excluding hydrogens is 336 g/mol. The second-order valence-electron chi connectivity index (χ2n) is 6.37. The fourth-order valence-corrected chi connectivity index (χ4v) is 3.11. The van der Waals surface area contributed by atoms with Gasteiger partial charge in [-0.15, -0.1) is 0 Å². The molecule has 0 atom stereocenters. The summed E-state index contributed by atoms with van der Waals surface area (Å²) in [6.07, 6.45) is 1.81. The van der Waals surface area contributed by atoms with Gasteiger partial charge in [0.05, 0.1) is 17.2 Å². The number of rotatable bonds is 3. The quantitative estimate of drug-likeness (QED) is 0.495. The first-order valence-electron chi connectivity index (χ1n) is 8.67. The first-order valence-corrected chi connectivity index (χ1v) is 8.67. The smallest absolute Gasteiger partial charge is 0.180 e. The highest BCUT2D eigenvalue weighted by Gasteiger charge is 2.11. The zero-order valence-electron chi connectivity index (χ0n) is 14.6. The fourth-order valence-electron chi connectivity index (χ4n) is 3.11.